The van der Waals surface area contributed by atoms with Crippen molar-refractivity contribution in [3.8, 4) is 17.4 Å². The van der Waals surface area contributed by atoms with Gasteiger partial charge in [-0.1, -0.05) is 11.6 Å². The molecule has 1 amide bonds. The molecule has 3 heterocycles. The SMILES string of the molecule is Cc1cc(C)c2c(OCC(=O)Nc3cc4c(cc3Cl)OCCO4)nn(C)c2n1. The number of pyridine rings is 1. The van der Waals surface area contributed by atoms with Gasteiger partial charge >= 0.3 is 0 Å². The molecular weight excluding hydrogens is 384 g/mol. The summed E-state index contributed by atoms with van der Waals surface area (Å²) in [6, 6.07) is 5.21. The number of fused-ring (bicyclic) bond motifs is 2. The number of hydrogen-bond donors (Lipinski definition) is 1. The molecule has 0 saturated heterocycles. The van der Waals surface area contributed by atoms with Crippen molar-refractivity contribution >= 4 is 34.2 Å². The number of aromatic nitrogens is 3. The second kappa shape index (κ2) is 7.20. The van der Waals surface area contributed by atoms with Crippen LogP contribution in [0.3, 0.4) is 0 Å². The summed E-state index contributed by atoms with van der Waals surface area (Å²) in [7, 11) is 1.79. The highest BCUT2D eigenvalue weighted by molar-refractivity contribution is 6.34. The molecule has 146 valence electrons. The Kier molecular flexibility index (Phi) is 4.72. The number of carbonyl (C=O) groups is 1. The van der Waals surface area contributed by atoms with Crippen molar-refractivity contribution in [2.45, 2.75) is 13.8 Å². The summed E-state index contributed by atoms with van der Waals surface area (Å²) in [5.74, 6) is 1.10. The van der Waals surface area contributed by atoms with Crippen LogP contribution in [0.15, 0.2) is 18.2 Å². The number of benzene rings is 1. The van der Waals surface area contributed by atoms with E-state index in [2.05, 4.69) is 15.4 Å². The van der Waals surface area contributed by atoms with Gasteiger partial charge in [0, 0.05) is 24.9 Å². The summed E-state index contributed by atoms with van der Waals surface area (Å²) in [6.45, 7) is 4.58. The number of aryl methyl sites for hydroxylation is 3. The molecule has 28 heavy (non-hydrogen) atoms. The number of hydrogen-bond acceptors (Lipinski definition) is 6. The Morgan fingerprint density at radius 1 is 1.25 bits per heavy atom. The number of amides is 1. The zero-order chi connectivity index (χ0) is 19.8. The average molecular weight is 403 g/mol. The van der Waals surface area contributed by atoms with Crippen LogP contribution in [0.2, 0.25) is 5.02 Å². The van der Waals surface area contributed by atoms with Gasteiger partial charge in [0.25, 0.3) is 5.91 Å². The van der Waals surface area contributed by atoms with E-state index in [1.807, 2.05) is 19.9 Å². The second-order valence-electron chi connectivity index (χ2n) is 6.52. The predicted octanol–water partition coefficient (Wildman–Crippen LogP) is 3.03. The van der Waals surface area contributed by atoms with Crippen LogP contribution in [0.4, 0.5) is 5.69 Å². The highest BCUT2D eigenvalue weighted by atomic mass is 35.5. The molecule has 1 aromatic carbocycles. The van der Waals surface area contributed by atoms with E-state index in [0.717, 1.165) is 16.6 Å². The molecule has 0 atom stereocenters. The monoisotopic (exact) mass is 402 g/mol. The van der Waals surface area contributed by atoms with Crippen LogP contribution < -0.4 is 19.5 Å². The Hall–Kier alpha value is -3.00. The predicted molar refractivity (Wildman–Crippen MR) is 105 cm³/mol. The summed E-state index contributed by atoms with van der Waals surface area (Å²) in [4.78, 5) is 16.9. The summed E-state index contributed by atoms with van der Waals surface area (Å²) >= 11 is 6.22. The van der Waals surface area contributed by atoms with Crippen LogP contribution in [0, 0.1) is 13.8 Å². The minimum absolute atomic E-state index is 0.218. The van der Waals surface area contributed by atoms with Gasteiger partial charge in [0.15, 0.2) is 23.8 Å². The van der Waals surface area contributed by atoms with Gasteiger partial charge < -0.3 is 19.5 Å². The first-order chi connectivity index (χ1) is 13.4. The molecule has 4 rings (SSSR count). The number of halogens is 1. The van der Waals surface area contributed by atoms with Crippen LogP contribution in [-0.2, 0) is 11.8 Å². The topological polar surface area (TPSA) is 87.5 Å². The molecule has 0 bridgehead atoms. The molecule has 0 fully saturated rings. The lowest BCUT2D eigenvalue weighted by Gasteiger charge is -2.20. The first-order valence-corrected chi connectivity index (χ1v) is 9.13. The number of nitrogens with zero attached hydrogens (tertiary/aromatic N) is 3. The molecule has 9 heteroatoms. The number of rotatable bonds is 4. The van der Waals surface area contributed by atoms with Crippen LogP contribution >= 0.6 is 11.6 Å². The smallest absolute Gasteiger partial charge is 0.262 e. The highest BCUT2D eigenvalue weighted by Gasteiger charge is 2.18. The largest absolute Gasteiger partial charge is 0.486 e. The zero-order valence-corrected chi connectivity index (χ0v) is 16.5. The second-order valence-corrected chi connectivity index (χ2v) is 6.93. The number of carbonyl (C=O) groups excluding carboxylic acids is 1. The third-order valence-electron chi connectivity index (χ3n) is 4.33. The van der Waals surface area contributed by atoms with Crippen molar-refractivity contribution in [3.63, 3.8) is 0 Å². The Morgan fingerprint density at radius 2 is 1.96 bits per heavy atom. The van der Waals surface area contributed by atoms with E-state index in [9.17, 15) is 4.79 Å². The van der Waals surface area contributed by atoms with E-state index >= 15 is 0 Å². The first kappa shape index (κ1) is 18.4. The third-order valence-corrected chi connectivity index (χ3v) is 4.65. The Labute approximate surface area is 166 Å². The van der Waals surface area contributed by atoms with Crippen molar-refractivity contribution in [2.75, 3.05) is 25.1 Å². The van der Waals surface area contributed by atoms with Gasteiger partial charge in [0.05, 0.1) is 16.1 Å². The van der Waals surface area contributed by atoms with Gasteiger partial charge in [-0.05, 0) is 25.5 Å². The van der Waals surface area contributed by atoms with E-state index < -0.39 is 0 Å². The van der Waals surface area contributed by atoms with Gasteiger partial charge in [-0.15, -0.1) is 5.10 Å². The minimum Gasteiger partial charge on any atom is -0.486 e. The van der Waals surface area contributed by atoms with E-state index in [1.54, 1.807) is 23.9 Å². The normalized spacial score (nSPS) is 12.9. The molecule has 0 aliphatic carbocycles. The van der Waals surface area contributed by atoms with Crippen molar-refractivity contribution < 1.29 is 19.0 Å². The molecule has 2 aromatic heterocycles. The molecule has 1 N–H and O–H groups in total. The highest BCUT2D eigenvalue weighted by Crippen LogP contribution is 2.38. The molecule has 0 saturated carbocycles. The molecule has 1 aliphatic rings. The van der Waals surface area contributed by atoms with Crippen molar-refractivity contribution in [2.24, 2.45) is 7.05 Å². The Balaban J connectivity index is 1.49. The summed E-state index contributed by atoms with van der Waals surface area (Å²) in [5.41, 5.74) is 3.02. The van der Waals surface area contributed by atoms with Crippen LogP contribution in [-0.4, -0.2) is 40.5 Å². The third kappa shape index (κ3) is 3.43. The van der Waals surface area contributed by atoms with Crippen LogP contribution in [0.5, 0.6) is 17.4 Å². The quantitative estimate of drug-likeness (QED) is 0.721. The van der Waals surface area contributed by atoms with Gasteiger partial charge in [0.1, 0.15) is 13.2 Å². The fourth-order valence-electron chi connectivity index (χ4n) is 3.13. The van der Waals surface area contributed by atoms with Gasteiger partial charge in [-0.25, -0.2) is 9.67 Å². The molecule has 3 aromatic rings. The maximum Gasteiger partial charge on any atom is 0.262 e. The molecule has 0 radical (unpaired) electrons. The molecular formula is C19H19ClN4O4. The Morgan fingerprint density at radius 3 is 2.71 bits per heavy atom. The molecule has 8 nitrogen and oxygen atoms in total. The molecule has 0 spiro atoms. The number of nitrogens with one attached hydrogen (secondary N) is 1. The lowest BCUT2D eigenvalue weighted by Crippen LogP contribution is -2.21. The number of anilines is 1. The fraction of sp³-hybridized carbons (Fsp3) is 0.316. The fourth-order valence-corrected chi connectivity index (χ4v) is 3.33. The lowest BCUT2D eigenvalue weighted by atomic mass is 10.2. The summed E-state index contributed by atoms with van der Waals surface area (Å²) in [5, 5.41) is 8.21. The summed E-state index contributed by atoms with van der Waals surface area (Å²) in [6.07, 6.45) is 0. The van der Waals surface area contributed by atoms with Gasteiger partial charge in [0.2, 0.25) is 5.88 Å². The minimum atomic E-state index is -0.366. The van der Waals surface area contributed by atoms with Crippen LogP contribution in [0.25, 0.3) is 11.0 Å². The standard InChI is InChI=1S/C19H19ClN4O4/c1-10-6-11(2)21-18-17(10)19(23-24(18)3)28-9-16(25)22-13-8-15-14(7-12(13)20)26-4-5-27-15/h6-8H,4-5,9H2,1-3H3,(H,22,25). The van der Waals surface area contributed by atoms with Crippen LogP contribution in [0.1, 0.15) is 11.3 Å². The number of ether oxygens (including phenoxy) is 3. The van der Waals surface area contributed by atoms with E-state index in [0.29, 0.717) is 46.9 Å². The molecule has 1 aliphatic heterocycles. The lowest BCUT2D eigenvalue weighted by molar-refractivity contribution is -0.118. The van der Waals surface area contributed by atoms with Crippen molar-refractivity contribution in [1.82, 2.24) is 14.8 Å². The Bertz CT molecular complexity index is 1080. The maximum absolute atomic E-state index is 12.4. The summed E-state index contributed by atoms with van der Waals surface area (Å²) < 4.78 is 18.3. The van der Waals surface area contributed by atoms with E-state index in [1.165, 1.54) is 0 Å². The van der Waals surface area contributed by atoms with E-state index in [-0.39, 0.29) is 12.5 Å². The van der Waals surface area contributed by atoms with Crippen molar-refractivity contribution in [1.29, 1.82) is 0 Å². The van der Waals surface area contributed by atoms with Crippen molar-refractivity contribution in [3.05, 3.63) is 34.5 Å². The average Bonchev–Trinajstić information content (AvgIpc) is 2.96. The first-order valence-electron chi connectivity index (χ1n) is 8.75. The van der Waals surface area contributed by atoms with Gasteiger partial charge in [-0.3, -0.25) is 4.79 Å². The van der Waals surface area contributed by atoms with Gasteiger partial charge in [-0.2, -0.15) is 0 Å². The van der Waals surface area contributed by atoms with E-state index in [4.69, 9.17) is 25.8 Å². The maximum atomic E-state index is 12.4. The molecule has 0 unspecified atom stereocenters. The zero-order valence-electron chi connectivity index (χ0n) is 15.7.